The van der Waals surface area contributed by atoms with Crippen molar-refractivity contribution in [1.82, 2.24) is 14.9 Å². The Morgan fingerprint density at radius 1 is 1.08 bits per heavy atom. The van der Waals surface area contributed by atoms with Gasteiger partial charge in [0.1, 0.15) is 23.7 Å². The van der Waals surface area contributed by atoms with Crippen molar-refractivity contribution < 1.29 is 14.0 Å². The molecule has 0 saturated carbocycles. The van der Waals surface area contributed by atoms with Crippen molar-refractivity contribution >= 4 is 47.2 Å². The summed E-state index contributed by atoms with van der Waals surface area (Å²) in [5, 5.41) is 7.48. The molecule has 8 nitrogen and oxygen atoms in total. The molecule has 1 aromatic heterocycles. The Morgan fingerprint density at radius 3 is 2.61 bits per heavy atom. The molecule has 0 atom stereocenters. The molecule has 10 heteroatoms. The Balaban J connectivity index is 1.44. The number of likely N-dealkylation sites (tertiary alicyclic amines) is 1. The van der Waals surface area contributed by atoms with Crippen molar-refractivity contribution in [3.05, 3.63) is 53.7 Å². The molecule has 192 valence electrons. The average Bonchev–Trinajstić information content (AvgIpc) is 3.38. The normalized spacial score (nSPS) is 14.0. The van der Waals surface area contributed by atoms with E-state index in [9.17, 15) is 4.57 Å². The maximum atomic E-state index is 12.7. The van der Waals surface area contributed by atoms with E-state index in [1.54, 1.807) is 20.4 Å². The molecule has 0 radical (unpaired) electrons. The van der Waals surface area contributed by atoms with Crippen LogP contribution < -0.4 is 25.4 Å². The lowest BCUT2D eigenvalue weighted by Crippen LogP contribution is -2.21. The lowest BCUT2D eigenvalue weighted by atomic mass is 10.2. The van der Waals surface area contributed by atoms with Crippen LogP contribution in [0.25, 0.3) is 0 Å². The zero-order valence-corrected chi connectivity index (χ0v) is 22.6. The molecule has 0 amide bonds. The first-order valence-electron chi connectivity index (χ1n) is 12.1. The van der Waals surface area contributed by atoms with Crippen LogP contribution in [0.4, 0.5) is 23.1 Å². The monoisotopic (exact) mass is 529 g/mol. The van der Waals surface area contributed by atoms with E-state index in [2.05, 4.69) is 25.5 Å². The van der Waals surface area contributed by atoms with Gasteiger partial charge in [-0.15, -0.1) is 0 Å². The molecule has 2 aromatic carbocycles. The molecule has 2 N–H and O–H groups in total. The molecule has 0 unspecified atom stereocenters. The SMILES string of the molecule is COc1cc(OCCCN2CCCC2)ccc1Nc1ncc(Cl)c(Nc2ccccc2P(C)(C)=O)n1. The number of rotatable bonds is 11. The van der Waals surface area contributed by atoms with Gasteiger partial charge in [-0.3, -0.25) is 0 Å². The quantitative estimate of drug-likeness (QED) is 0.240. The smallest absolute Gasteiger partial charge is 0.229 e. The summed E-state index contributed by atoms with van der Waals surface area (Å²) in [6, 6.07) is 13.1. The van der Waals surface area contributed by atoms with E-state index < -0.39 is 7.14 Å². The minimum Gasteiger partial charge on any atom is -0.494 e. The van der Waals surface area contributed by atoms with Gasteiger partial charge in [0, 0.05) is 17.9 Å². The molecular weight excluding hydrogens is 497 g/mol. The second kappa shape index (κ2) is 12.0. The average molecular weight is 530 g/mol. The van der Waals surface area contributed by atoms with Crippen LogP contribution in [0.3, 0.4) is 0 Å². The number of para-hydroxylation sites is 1. The van der Waals surface area contributed by atoms with Crippen LogP contribution in [0, 0.1) is 0 Å². The zero-order chi connectivity index (χ0) is 25.5. The standard InChI is InChI=1S/C26H33ClN5O3P/c1-34-23-17-19(35-16-8-15-32-13-6-7-14-32)11-12-21(23)30-26-28-18-20(27)25(31-26)29-22-9-4-5-10-24(22)36(2,3)33/h4-5,9-12,17-18H,6-8,13-16H2,1-3H3,(H2,28,29,30,31). The Labute approximate surface area is 217 Å². The molecule has 4 rings (SSSR count). The van der Waals surface area contributed by atoms with Crippen molar-refractivity contribution in [2.24, 2.45) is 0 Å². The van der Waals surface area contributed by atoms with E-state index >= 15 is 0 Å². The molecule has 3 aromatic rings. The number of nitrogens with one attached hydrogen (secondary N) is 2. The predicted octanol–water partition coefficient (Wildman–Crippen LogP) is 5.74. The minimum absolute atomic E-state index is 0.341. The van der Waals surface area contributed by atoms with Gasteiger partial charge in [-0.2, -0.15) is 4.98 Å². The lowest BCUT2D eigenvalue weighted by Gasteiger charge is -2.17. The molecule has 2 heterocycles. The van der Waals surface area contributed by atoms with Crippen molar-refractivity contribution in [2.45, 2.75) is 19.3 Å². The van der Waals surface area contributed by atoms with E-state index in [0.717, 1.165) is 24.0 Å². The third kappa shape index (κ3) is 6.90. The molecule has 1 saturated heterocycles. The van der Waals surface area contributed by atoms with Gasteiger partial charge in [0.05, 0.1) is 31.3 Å². The Morgan fingerprint density at radius 2 is 1.86 bits per heavy atom. The van der Waals surface area contributed by atoms with Gasteiger partial charge in [0.25, 0.3) is 0 Å². The molecular formula is C26H33ClN5O3P. The lowest BCUT2D eigenvalue weighted by molar-refractivity contribution is 0.262. The van der Waals surface area contributed by atoms with E-state index in [1.807, 2.05) is 42.5 Å². The highest BCUT2D eigenvalue weighted by Crippen LogP contribution is 2.39. The number of aromatic nitrogens is 2. The topological polar surface area (TPSA) is 88.6 Å². The number of hydrogen-bond acceptors (Lipinski definition) is 8. The fraction of sp³-hybridized carbons (Fsp3) is 0.385. The summed E-state index contributed by atoms with van der Waals surface area (Å²) < 4.78 is 24.2. The maximum Gasteiger partial charge on any atom is 0.229 e. The Hall–Kier alpha value is -2.80. The van der Waals surface area contributed by atoms with Gasteiger partial charge in [-0.25, -0.2) is 4.98 Å². The van der Waals surface area contributed by atoms with E-state index in [0.29, 0.717) is 40.5 Å². The van der Waals surface area contributed by atoms with Crippen LogP contribution in [-0.4, -0.2) is 61.5 Å². The number of anilines is 4. The van der Waals surface area contributed by atoms with Crippen LogP contribution in [0.5, 0.6) is 11.5 Å². The first-order chi connectivity index (χ1) is 17.3. The molecule has 36 heavy (non-hydrogen) atoms. The third-order valence-electron chi connectivity index (χ3n) is 5.99. The summed E-state index contributed by atoms with van der Waals surface area (Å²) in [6.45, 7) is 7.58. The number of halogens is 1. The second-order valence-corrected chi connectivity index (χ2v) is 12.7. The highest BCUT2D eigenvalue weighted by molar-refractivity contribution is 7.70. The second-order valence-electron chi connectivity index (χ2n) is 9.12. The van der Waals surface area contributed by atoms with Gasteiger partial charge in [-0.1, -0.05) is 23.7 Å². The molecule has 0 bridgehead atoms. The summed E-state index contributed by atoms with van der Waals surface area (Å²) in [4.78, 5) is 11.3. The number of ether oxygens (including phenoxy) is 2. The highest BCUT2D eigenvalue weighted by atomic mass is 35.5. The van der Waals surface area contributed by atoms with Crippen molar-refractivity contribution in [2.75, 3.05) is 57.3 Å². The fourth-order valence-corrected chi connectivity index (χ4v) is 5.45. The van der Waals surface area contributed by atoms with Crippen LogP contribution in [0.1, 0.15) is 19.3 Å². The summed E-state index contributed by atoms with van der Waals surface area (Å²) in [5.41, 5.74) is 1.39. The Bertz CT molecular complexity index is 1230. The number of methoxy groups -OCH3 is 1. The summed E-state index contributed by atoms with van der Waals surface area (Å²) in [6.07, 6.45) is 5.11. The van der Waals surface area contributed by atoms with Gasteiger partial charge in [-0.05, 0) is 69.9 Å². The molecule has 0 aliphatic carbocycles. The maximum absolute atomic E-state index is 12.7. The Kier molecular flexibility index (Phi) is 8.72. The third-order valence-corrected chi connectivity index (χ3v) is 7.81. The molecule has 1 aliphatic heterocycles. The van der Waals surface area contributed by atoms with Gasteiger partial charge in [0.15, 0.2) is 5.82 Å². The highest BCUT2D eigenvalue weighted by Gasteiger charge is 2.17. The van der Waals surface area contributed by atoms with Crippen LogP contribution >= 0.6 is 18.7 Å². The number of nitrogens with zero attached hydrogens (tertiary/aromatic N) is 3. The zero-order valence-electron chi connectivity index (χ0n) is 21.0. The predicted molar refractivity (Wildman–Crippen MR) is 148 cm³/mol. The van der Waals surface area contributed by atoms with E-state index in [4.69, 9.17) is 21.1 Å². The molecule has 1 fully saturated rings. The van der Waals surface area contributed by atoms with Crippen molar-refractivity contribution in [1.29, 1.82) is 0 Å². The van der Waals surface area contributed by atoms with Gasteiger partial charge >= 0.3 is 0 Å². The van der Waals surface area contributed by atoms with Crippen molar-refractivity contribution in [3.8, 4) is 11.5 Å². The fourth-order valence-electron chi connectivity index (χ4n) is 4.16. The van der Waals surface area contributed by atoms with E-state index in [1.165, 1.54) is 32.1 Å². The van der Waals surface area contributed by atoms with Crippen LogP contribution in [-0.2, 0) is 4.57 Å². The van der Waals surface area contributed by atoms with Crippen molar-refractivity contribution in [3.63, 3.8) is 0 Å². The van der Waals surface area contributed by atoms with E-state index in [-0.39, 0.29) is 0 Å². The first kappa shape index (κ1) is 26.3. The van der Waals surface area contributed by atoms with Crippen LogP contribution in [0.2, 0.25) is 5.02 Å². The largest absolute Gasteiger partial charge is 0.494 e. The minimum atomic E-state index is -2.50. The van der Waals surface area contributed by atoms with Gasteiger partial charge < -0.3 is 29.6 Å². The summed E-state index contributed by atoms with van der Waals surface area (Å²) >= 11 is 6.37. The van der Waals surface area contributed by atoms with Gasteiger partial charge in [0.2, 0.25) is 5.95 Å². The summed E-state index contributed by atoms with van der Waals surface area (Å²) in [5.74, 6) is 2.11. The summed E-state index contributed by atoms with van der Waals surface area (Å²) in [7, 11) is -0.892. The van der Waals surface area contributed by atoms with Crippen LogP contribution in [0.15, 0.2) is 48.7 Å². The molecule has 1 aliphatic rings. The first-order valence-corrected chi connectivity index (χ1v) is 15.1. The number of hydrogen-bond donors (Lipinski definition) is 2. The molecule has 0 spiro atoms. The number of benzene rings is 2.